The number of rotatable bonds is 5. The molecule has 1 saturated heterocycles. The van der Waals surface area contributed by atoms with Crippen LogP contribution in [0.4, 0.5) is 4.79 Å². The van der Waals surface area contributed by atoms with Crippen LogP contribution in [0.1, 0.15) is 36.8 Å². The van der Waals surface area contributed by atoms with Crippen molar-refractivity contribution in [2.75, 3.05) is 13.1 Å². The molecule has 1 saturated carbocycles. The Kier molecular flexibility index (Phi) is 5.07. The van der Waals surface area contributed by atoms with Crippen LogP contribution in [0.5, 0.6) is 0 Å². The van der Waals surface area contributed by atoms with E-state index in [2.05, 4.69) is 31.2 Å². The highest BCUT2D eigenvalue weighted by Crippen LogP contribution is 2.36. The van der Waals surface area contributed by atoms with Crippen LogP contribution in [0.15, 0.2) is 24.3 Å². The van der Waals surface area contributed by atoms with Crippen molar-refractivity contribution in [3.05, 3.63) is 35.4 Å². The number of likely N-dealkylation sites (tertiary alicyclic amines) is 1. The molecule has 2 fully saturated rings. The largest absolute Gasteiger partial charge is 0.461 e. The van der Waals surface area contributed by atoms with Crippen molar-refractivity contribution >= 4 is 12.0 Å². The molecule has 1 aromatic rings. The minimum absolute atomic E-state index is 0.0517. The molecule has 2 atom stereocenters. The van der Waals surface area contributed by atoms with E-state index >= 15 is 0 Å². The number of nitrogens with zero attached hydrogens (tertiary/aromatic N) is 1. The monoisotopic (exact) mass is 330 g/mol. The number of primary amides is 1. The van der Waals surface area contributed by atoms with Gasteiger partial charge in [-0.1, -0.05) is 29.8 Å². The van der Waals surface area contributed by atoms with Gasteiger partial charge in [0.25, 0.3) is 0 Å². The second-order valence-electron chi connectivity index (χ2n) is 7.13. The topological polar surface area (TPSA) is 72.6 Å². The summed E-state index contributed by atoms with van der Waals surface area (Å²) in [5, 5.41) is 0. The molecule has 1 aliphatic heterocycles. The van der Waals surface area contributed by atoms with Gasteiger partial charge >= 0.3 is 12.0 Å². The van der Waals surface area contributed by atoms with Crippen LogP contribution in [0.25, 0.3) is 0 Å². The third-order valence-corrected chi connectivity index (χ3v) is 5.04. The minimum Gasteiger partial charge on any atom is -0.461 e. The third kappa shape index (κ3) is 4.28. The Morgan fingerprint density at radius 2 is 1.96 bits per heavy atom. The van der Waals surface area contributed by atoms with Crippen molar-refractivity contribution in [3.8, 4) is 0 Å². The first-order valence-corrected chi connectivity index (χ1v) is 8.83. The summed E-state index contributed by atoms with van der Waals surface area (Å²) in [6.07, 6.45) is 4.54. The van der Waals surface area contributed by atoms with Gasteiger partial charge in [-0.05, 0) is 44.1 Å². The van der Waals surface area contributed by atoms with Gasteiger partial charge in [0.2, 0.25) is 0 Å². The van der Waals surface area contributed by atoms with E-state index in [9.17, 15) is 9.59 Å². The van der Waals surface area contributed by atoms with Crippen molar-refractivity contribution in [1.82, 2.24) is 4.90 Å². The van der Waals surface area contributed by atoms with Gasteiger partial charge < -0.3 is 15.4 Å². The smallest absolute Gasteiger partial charge is 0.314 e. The lowest BCUT2D eigenvalue weighted by atomic mass is 9.98. The van der Waals surface area contributed by atoms with Crippen molar-refractivity contribution in [1.29, 1.82) is 0 Å². The van der Waals surface area contributed by atoms with Crippen LogP contribution in [0.3, 0.4) is 0 Å². The Labute approximate surface area is 143 Å². The summed E-state index contributed by atoms with van der Waals surface area (Å²) in [7, 11) is 0. The van der Waals surface area contributed by atoms with Crippen LogP contribution < -0.4 is 5.73 Å². The fraction of sp³-hybridized carbons (Fsp3) is 0.579. The fourth-order valence-corrected chi connectivity index (χ4v) is 3.34. The summed E-state index contributed by atoms with van der Waals surface area (Å²) in [5.41, 5.74) is 7.77. The number of benzene rings is 1. The Morgan fingerprint density at radius 1 is 1.25 bits per heavy atom. The summed E-state index contributed by atoms with van der Waals surface area (Å²) in [4.78, 5) is 25.4. The van der Waals surface area contributed by atoms with Crippen LogP contribution in [-0.2, 0) is 16.0 Å². The number of urea groups is 1. The Hall–Kier alpha value is -2.04. The van der Waals surface area contributed by atoms with Gasteiger partial charge in [0, 0.05) is 19.5 Å². The molecule has 0 bridgehead atoms. The van der Waals surface area contributed by atoms with Crippen LogP contribution in [0, 0.1) is 18.8 Å². The fourth-order valence-electron chi connectivity index (χ4n) is 3.34. The maximum Gasteiger partial charge on any atom is 0.314 e. The van der Waals surface area contributed by atoms with E-state index in [1.165, 1.54) is 11.1 Å². The standard InChI is InChI=1S/C19H26N2O3/c1-13-4-6-14(7-5-13)11-17(15-8-9-15)24-18(22)16-3-2-10-21(12-16)19(20)23/h4-7,15-17H,2-3,8-12H2,1H3,(H2,20,23)/t16-,17+/m0/s1. The first-order chi connectivity index (χ1) is 11.5. The van der Waals surface area contributed by atoms with Gasteiger partial charge in [0.05, 0.1) is 5.92 Å². The van der Waals surface area contributed by atoms with Crippen LogP contribution in [0.2, 0.25) is 0 Å². The number of ether oxygens (including phenoxy) is 1. The molecule has 0 aromatic heterocycles. The van der Waals surface area contributed by atoms with Crippen LogP contribution in [-0.4, -0.2) is 36.1 Å². The molecule has 1 aliphatic carbocycles. The van der Waals surface area contributed by atoms with E-state index in [0.29, 0.717) is 19.0 Å². The minimum atomic E-state index is -0.453. The summed E-state index contributed by atoms with van der Waals surface area (Å²) in [6, 6.07) is 7.94. The van der Waals surface area contributed by atoms with E-state index in [-0.39, 0.29) is 18.0 Å². The number of nitrogens with two attached hydrogens (primary N) is 1. The zero-order valence-corrected chi connectivity index (χ0v) is 14.2. The van der Waals surface area contributed by atoms with Crippen molar-refractivity contribution in [2.45, 2.75) is 45.1 Å². The van der Waals surface area contributed by atoms with Crippen molar-refractivity contribution < 1.29 is 14.3 Å². The van der Waals surface area contributed by atoms with Gasteiger partial charge in [0.15, 0.2) is 0 Å². The maximum atomic E-state index is 12.6. The molecule has 1 heterocycles. The van der Waals surface area contributed by atoms with E-state index < -0.39 is 6.03 Å². The second-order valence-corrected chi connectivity index (χ2v) is 7.13. The average Bonchev–Trinajstić information content (AvgIpc) is 3.41. The van der Waals surface area contributed by atoms with Gasteiger partial charge in [0.1, 0.15) is 6.10 Å². The molecular weight excluding hydrogens is 304 g/mol. The SMILES string of the molecule is Cc1ccc(C[C@@H](OC(=O)[C@H]2CCCN(C(N)=O)C2)C2CC2)cc1. The normalized spacial score (nSPS) is 22.0. The molecule has 1 aromatic carbocycles. The van der Waals surface area contributed by atoms with E-state index in [1.54, 1.807) is 4.90 Å². The average molecular weight is 330 g/mol. The van der Waals surface area contributed by atoms with Gasteiger partial charge in [-0.25, -0.2) is 4.79 Å². The molecule has 3 rings (SSSR count). The molecule has 2 aliphatic rings. The predicted molar refractivity (Wildman–Crippen MR) is 91.4 cm³/mol. The first kappa shape index (κ1) is 16.8. The van der Waals surface area contributed by atoms with E-state index in [1.807, 2.05) is 0 Å². The van der Waals surface area contributed by atoms with Gasteiger partial charge in [-0.3, -0.25) is 4.79 Å². The molecule has 2 N–H and O–H groups in total. The molecule has 0 radical (unpaired) electrons. The molecule has 24 heavy (non-hydrogen) atoms. The van der Waals surface area contributed by atoms with Crippen LogP contribution >= 0.6 is 0 Å². The lowest BCUT2D eigenvalue weighted by Crippen LogP contribution is -2.45. The number of hydrogen-bond donors (Lipinski definition) is 1. The molecule has 0 spiro atoms. The van der Waals surface area contributed by atoms with Crippen molar-refractivity contribution in [3.63, 3.8) is 0 Å². The molecule has 130 valence electrons. The summed E-state index contributed by atoms with van der Waals surface area (Å²) >= 11 is 0. The van der Waals surface area contributed by atoms with E-state index in [0.717, 1.165) is 32.1 Å². The maximum absolute atomic E-state index is 12.6. The Bertz CT molecular complexity index is 595. The van der Waals surface area contributed by atoms with Crippen molar-refractivity contribution in [2.24, 2.45) is 17.6 Å². The number of carbonyl (C=O) groups excluding carboxylic acids is 2. The summed E-state index contributed by atoms with van der Waals surface area (Å²) in [5.74, 6) is 0.0570. The number of amides is 2. The van der Waals surface area contributed by atoms with Gasteiger partial charge in [-0.2, -0.15) is 0 Å². The lowest BCUT2D eigenvalue weighted by Gasteiger charge is -2.31. The number of piperidine rings is 1. The lowest BCUT2D eigenvalue weighted by molar-refractivity contribution is -0.156. The number of hydrogen-bond acceptors (Lipinski definition) is 3. The Morgan fingerprint density at radius 3 is 2.58 bits per heavy atom. The number of esters is 1. The van der Waals surface area contributed by atoms with Gasteiger partial charge in [-0.15, -0.1) is 0 Å². The highest BCUT2D eigenvalue weighted by Gasteiger charge is 2.36. The zero-order chi connectivity index (χ0) is 17.1. The molecule has 2 amide bonds. The quantitative estimate of drug-likeness (QED) is 0.844. The predicted octanol–water partition coefficient (Wildman–Crippen LogP) is 2.65. The molecular formula is C19H26N2O3. The molecule has 5 nitrogen and oxygen atoms in total. The third-order valence-electron chi connectivity index (χ3n) is 5.04. The number of carbonyl (C=O) groups is 2. The van der Waals surface area contributed by atoms with E-state index in [4.69, 9.17) is 10.5 Å². The Balaban J connectivity index is 1.59. The second kappa shape index (κ2) is 7.24. The number of aryl methyl sites for hydroxylation is 1. The first-order valence-electron chi connectivity index (χ1n) is 8.83. The zero-order valence-electron chi connectivity index (χ0n) is 14.2. The molecule has 0 unspecified atom stereocenters. The summed E-state index contributed by atoms with van der Waals surface area (Å²) < 4.78 is 5.86. The summed E-state index contributed by atoms with van der Waals surface area (Å²) in [6.45, 7) is 3.08. The highest BCUT2D eigenvalue weighted by molar-refractivity contribution is 5.76. The molecule has 5 heteroatoms. The highest BCUT2D eigenvalue weighted by atomic mass is 16.5.